The van der Waals surface area contributed by atoms with E-state index < -0.39 is 0 Å². The molecule has 0 saturated heterocycles. The van der Waals surface area contributed by atoms with E-state index in [1.54, 1.807) is 4.90 Å². The van der Waals surface area contributed by atoms with E-state index in [1.807, 2.05) is 44.2 Å². The van der Waals surface area contributed by atoms with Gasteiger partial charge in [-0.25, -0.2) is 0 Å². The Morgan fingerprint density at radius 3 is 2.65 bits per heavy atom. The van der Waals surface area contributed by atoms with Crippen LogP contribution in [0.15, 0.2) is 36.2 Å². The second-order valence-electron chi connectivity index (χ2n) is 5.30. The van der Waals surface area contributed by atoms with E-state index in [0.29, 0.717) is 5.82 Å². The molecular formula is C14H20N2O. The molecule has 2 aliphatic rings. The highest BCUT2D eigenvalue weighted by molar-refractivity contribution is 5.85. The molecule has 2 N–H and O–H groups in total. The molecule has 1 aliphatic carbocycles. The Hall–Kier alpha value is -1.51. The third-order valence-electron chi connectivity index (χ3n) is 3.78. The normalized spacial score (nSPS) is 28.1. The minimum atomic E-state index is -0.225. The first-order valence-electron chi connectivity index (χ1n) is 6.13. The molecule has 92 valence electrons. The average Bonchev–Trinajstić information content (AvgIpc) is 2.28. The van der Waals surface area contributed by atoms with Gasteiger partial charge in [0.1, 0.15) is 5.82 Å². The van der Waals surface area contributed by atoms with E-state index in [4.69, 9.17) is 5.73 Å². The first kappa shape index (κ1) is 12.0. The van der Waals surface area contributed by atoms with Crippen molar-refractivity contribution < 1.29 is 4.79 Å². The van der Waals surface area contributed by atoms with Crippen molar-refractivity contribution in [2.45, 2.75) is 32.7 Å². The molecule has 0 bridgehead atoms. The molecule has 2 atom stereocenters. The van der Waals surface area contributed by atoms with E-state index in [0.717, 1.165) is 6.42 Å². The molecule has 2 unspecified atom stereocenters. The zero-order valence-corrected chi connectivity index (χ0v) is 10.7. The van der Waals surface area contributed by atoms with Gasteiger partial charge in [-0.1, -0.05) is 31.2 Å². The lowest BCUT2D eigenvalue weighted by Crippen LogP contribution is -2.54. The Morgan fingerprint density at radius 2 is 2.00 bits per heavy atom. The molecule has 0 aromatic rings. The van der Waals surface area contributed by atoms with Crippen molar-refractivity contribution in [2.75, 3.05) is 0 Å². The zero-order valence-electron chi connectivity index (χ0n) is 10.7. The van der Waals surface area contributed by atoms with Crippen LogP contribution in [0.4, 0.5) is 0 Å². The van der Waals surface area contributed by atoms with Gasteiger partial charge >= 0.3 is 0 Å². The van der Waals surface area contributed by atoms with Crippen LogP contribution >= 0.6 is 0 Å². The Balaban J connectivity index is 2.40. The fourth-order valence-electron chi connectivity index (χ4n) is 2.38. The third kappa shape index (κ3) is 1.90. The van der Waals surface area contributed by atoms with Crippen LogP contribution in [-0.4, -0.2) is 16.3 Å². The van der Waals surface area contributed by atoms with Gasteiger partial charge in [-0.05, 0) is 26.3 Å². The summed E-state index contributed by atoms with van der Waals surface area (Å²) in [5.74, 6) is 0.736. The summed E-state index contributed by atoms with van der Waals surface area (Å²) < 4.78 is 0. The van der Waals surface area contributed by atoms with Crippen LogP contribution in [0.3, 0.4) is 0 Å². The average molecular weight is 232 g/mol. The van der Waals surface area contributed by atoms with Crippen molar-refractivity contribution >= 4 is 5.91 Å². The predicted octanol–water partition coefficient (Wildman–Crippen LogP) is 2.18. The lowest BCUT2D eigenvalue weighted by Gasteiger charge is -2.43. The molecule has 1 heterocycles. The number of hydrogen-bond donors (Lipinski definition) is 1. The molecular weight excluding hydrogens is 212 g/mol. The number of hydrogen-bond acceptors (Lipinski definition) is 2. The monoisotopic (exact) mass is 232 g/mol. The molecule has 1 amide bonds. The lowest BCUT2D eigenvalue weighted by atomic mass is 9.82. The topological polar surface area (TPSA) is 46.3 Å². The summed E-state index contributed by atoms with van der Waals surface area (Å²) in [6.07, 6.45) is 10.8. The van der Waals surface area contributed by atoms with Crippen LogP contribution in [-0.2, 0) is 4.79 Å². The van der Waals surface area contributed by atoms with Crippen molar-refractivity contribution in [3.63, 3.8) is 0 Å². The largest absolute Gasteiger partial charge is 0.385 e. The maximum Gasteiger partial charge on any atom is 0.236 e. The van der Waals surface area contributed by atoms with Crippen LogP contribution in [0.25, 0.3) is 0 Å². The van der Waals surface area contributed by atoms with Gasteiger partial charge < -0.3 is 5.73 Å². The molecule has 0 saturated carbocycles. The van der Waals surface area contributed by atoms with E-state index in [2.05, 4.69) is 6.92 Å². The number of carbonyl (C=O) groups is 1. The van der Waals surface area contributed by atoms with Gasteiger partial charge in [0.25, 0.3) is 0 Å². The highest BCUT2D eigenvalue weighted by Gasteiger charge is 2.40. The van der Waals surface area contributed by atoms with Gasteiger partial charge in [0, 0.05) is 11.5 Å². The second-order valence-corrected chi connectivity index (χ2v) is 5.30. The number of amides is 1. The van der Waals surface area contributed by atoms with Crippen molar-refractivity contribution in [2.24, 2.45) is 17.6 Å². The molecule has 3 heteroatoms. The zero-order chi connectivity index (χ0) is 12.6. The van der Waals surface area contributed by atoms with Crippen LogP contribution in [0.1, 0.15) is 27.2 Å². The first-order valence-corrected chi connectivity index (χ1v) is 6.13. The molecule has 0 spiro atoms. The minimum Gasteiger partial charge on any atom is -0.385 e. The molecule has 3 nitrogen and oxygen atoms in total. The summed E-state index contributed by atoms with van der Waals surface area (Å²) in [6.45, 7) is 6.17. The summed E-state index contributed by atoms with van der Waals surface area (Å²) in [5, 5.41) is 0. The SMILES string of the molecule is CCC(C)(C)N1C(=O)C2C=CC=CC2C=C1N. The van der Waals surface area contributed by atoms with Crippen LogP contribution < -0.4 is 5.73 Å². The van der Waals surface area contributed by atoms with Crippen LogP contribution in [0.5, 0.6) is 0 Å². The van der Waals surface area contributed by atoms with Gasteiger partial charge in [0.15, 0.2) is 0 Å². The van der Waals surface area contributed by atoms with Crippen LogP contribution in [0.2, 0.25) is 0 Å². The fraction of sp³-hybridized carbons (Fsp3) is 0.500. The number of allylic oxidation sites excluding steroid dienone is 4. The highest BCUT2D eigenvalue weighted by atomic mass is 16.2. The van der Waals surface area contributed by atoms with Crippen molar-refractivity contribution in [3.8, 4) is 0 Å². The van der Waals surface area contributed by atoms with Gasteiger partial charge in [-0.3, -0.25) is 9.69 Å². The third-order valence-corrected chi connectivity index (χ3v) is 3.78. The lowest BCUT2D eigenvalue weighted by molar-refractivity contribution is -0.138. The number of carbonyl (C=O) groups excluding carboxylic acids is 1. The van der Waals surface area contributed by atoms with Gasteiger partial charge in [-0.15, -0.1) is 0 Å². The maximum atomic E-state index is 12.5. The Kier molecular flexibility index (Phi) is 2.86. The summed E-state index contributed by atoms with van der Waals surface area (Å²) in [5.41, 5.74) is 5.82. The summed E-state index contributed by atoms with van der Waals surface area (Å²) in [4.78, 5) is 14.2. The molecule has 0 aromatic carbocycles. The Labute approximate surface area is 103 Å². The van der Waals surface area contributed by atoms with Crippen molar-refractivity contribution in [1.29, 1.82) is 0 Å². The Bertz CT molecular complexity index is 418. The predicted molar refractivity (Wildman–Crippen MR) is 68.7 cm³/mol. The van der Waals surface area contributed by atoms with Crippen molar-refractivity contribution in [1.82, 2.24) is 4.90 Å². The highest BCUT2D eigenvalue weighted by Crippen LogP contribution is 2.34. The summed E-state index contributed by atoms with van der Waals surface area (Å²) in [7, 11) is 0. The van der Waals surface area contributed by atoms with Gasteiger partial charge in [-0.2, -0.15) is 0 Å². The Morgan fingerprint density at radius 1 is 1.35 bits per heavy atom. The van der Waals surface area contributed by atoms with E-state index >= 15 is 0 Å². The van der Waals surface area contributed by atoms with Gasteiger partial charge in [0.2, 0.25) is 5.91 Å². The maximum absolute atomic E-state index is 12.5. The first-order chi connectivity index (χ1) is 7.97. The number of nitrogens with two attached hydrogens (primary N) is 1. The van der Waals surface area contributed by atoms with Gasteiger partial charge in [0.05, 0.1) is 5.92 Å². The molecule has 0 fully saturated rings. The second kappa shape index (κ2) is 4.06. The molecule has 1 aliphatic heterocycles. The van der Waals surface area contributed by atoms with Crippen LogP contribution in [0, 0.1) is 11.8 Å². The van der Waals surface area contributed by atoms with Crippen molar-refractivity contribution in [3.05, 3.63) is 36.2 Å². The molecule has 0 radical (unpaired) electrons. The standard InChI is InChI=1S/C14H20N2O/c1-4-14(2,3)16-12(15)9-10-7-5-6-8-11(10)13(16)17/h5-11H,4,15H2,1-3H3. The van der Waals surface area contributed by atoms with E-state index in [9.17, 15) is 4.79 Å². The van der Waals surface area contributed by atoms with E-state index in [1.165, 1.54) is 0 Å². The quantitative estimate of drug-likeness (QED) is 0.793. The minimum absolute atomic E-state index is 0.0851. The number of rotatable bonds is 2. The molecule has 17 heavy (non-hydrogen) atoms. The molecule has 2 rings (SSSR count). The summed E-state index contributed by atoms with van der Waals surface area (Å²) >= 11 is 0. The fourth-order valence-corrected chi connectivity index (χ4v) is 2.38. The smallest absolute Gasteiger partial charge is 0.236 e. The van der Waals surface area contributed by atoms with E-state index in [-0.39, 0.29) is 23.3 Å². The summed E-state index contributed by atoms with van der Waals surface area (Å²) in [6, 6.07) is 0. The molecule has 0 aromatic heterocycles. The number of nitrogens with zero attached hydrogens (tertiary/aromatic N) is 1. The number of fused-ring (bicyclic) bond motifs is 1.